The summed E-state index contributed by atoms with van der Waals surface area (Å²) < 4.78 is 27.3. The molecule has 1 aliphatic heterocycles. The molecule has 0 radical (unpaired) electrons. The summed E-state index contributed by atoms with van der Waals surface area (Å²) >= 11 is 0. The topological polar surface area (TPSA) is 69.7 Å². The van der Waals surface area contributed by atoms with Gasteiger partial charge in [0, 0.05) is 32.2 Å². The molecule has 2 fully saturated rings. The Balaban J connectivity index is 1.52. The van der Waals surface area contributed by atoms with E-state index in [0.29, 0.717) is 43.5 Å². The van der Waals surface area contributed by atoms with Crippen LogP contribution >= 0.6 is 0 Å². The SMILES string of the molecule is Cc1ccc(S(=O)(=O)N2CCN(CC(=O)NC3CCCCC3C)CC2)cc1C. The third-order valence-corrected chi connectivity index (χ3v) is 8.17. The van der Waals surface area contributed by atoms with Crippen molar-refractivity contribution < 1.29 is 13.2 Å². The minimum atomic E-state index is -3.48. The van der Waals surface area contributed by atoms with Gasteiger partial charge in [-0.15, -0.1) is 0 Å². The molecule has 0 spiro atoms. The number of rotatable bonds is 5. The highest BCUT2D eigenvalue weighted by molar-refractivity contribution is 7.89. The van der Waals surface area contributed by atoms with Crippen molar-refractivity contribution in [2.24, 2.45) is 5.92 Å². The maximum Gasteiger partial charge on any atom is 0.243 e. The third-order valence-electron chi connectivity index (χ3n) is 6.27. The lowest BCUT2D eigenvalue weighted by Crippen LogP contribution is -2.52. The zero-order valence-corrected chi connectivity index (χ0v) is 18.1. The van der Waals surface area contributed by atoms with E-state index in [1.165, 1.54) is 23.6 Å². The molecule has 2 aliphatic rings. The van der Waals surface area contributed by atoms with Gasteiger partial charge in [-0.2, -0.15) is 4.31 Å². The molecule has 1 aromatic carbocycles. The van der Waals surface area contributed by atoms with Crippen LogP contribution in [0.2, 0.25) is 0 Å². The lowest BCUT2D eigenvalue weighted by molar-refractivity contribution is -0.123. The van der Waals surface area contributed by atoms with E-state index in [4.69, 9.17) is 0 Å². The molecule has 1 saturated carbocycles. The molecule has 0 aromatic heterocycles. The summed E-state index contributed by atoms with van der Waals surface area (Å²) in [7, 11) is -3.48. The first-order chi connectivity index (χ1) is 13.3. The van der Waals surface area contributed by atoms with Crippen LogP contribution in [0.1, 0.15) is 43.7 Å². The Morgan fingerprint density at radius 2 is 1.75 bits per heavy atom. The number of carbonyl (C=O) groups excluding carboxylic acids is 1. The molecule has 6 nitrogen and oxygen atoms in total. The van der Waals surface area contributed by atoms with Crippen LogP contribution < -0.4 is 5.32 Å². The Morgan fingerprint density at radius 1 is 1.07 bits per heavy atom. The summed E-state index contributed by atoms with van der Waals surface area (Å²) in [5.74, 6) is 0.599. The summed E-state index contributed by atoms with van der Waals surface area (Å²) in [6.07, 6.45) is 4.68. The van der Waals surface area contributed by atoms with E-state index < -0.39 is 10.0 Å². The predicted molar refractivity (Wildman–Crippen MR) is 111 cm³/mol. The fraction of sp³-hybridized carbons (Fsp3) is 0.667. The van der Waals surface area contributed by atoms with E-state index in [0.717, 1.165) is 17.5 Å². The van der Waals surface area contributed by atoms with Crippen LogP contribution in [0.3, 0.4) is 0 Å². The van der Waals surface area contributed by atoms with Gasteiger partial charge in [-0.25, -0.2) is 8.42 Å². The average Bonchev–Trinajstić information content (AvgIpc) is 2.66. The highest BCUT2D eigenvalue weighted by Gasteiger charge is 2.30. The number of carbonyl (C=O) groups is 1. The fourth-order valence-electron chi connectivity index (χ4n) is 4.14. The molecular weight excluding hydrogens is 374 g/mol. The molecule has 1 saturated heterocycles. The molecular formula is C21H33N3O3S. The molecule has 1 aromatic rings. The van der Waals surface area contributed by atoms with Crippen molar-refractivity contribution in [3.05, 3.63) is 29.3 Å². The van der Waals surface area contributed by atoms with Crippen molar-refractivity contribution >= 4 is 15.9 Å². The highest BCUT2D eigenvalue weighted by Crippen LogP contribution is 2.24. The lowest BCUT2D eigenvalue weighted by Gasteiger charge is -2.34. The molecule has 1 heterocycles. The first kappa shape index (κ1) is 21.3. The number of nitrogens with one attached hydrogen (secondary N) is 1. The van der Waals surface area contributed by atoms with E-state index in [1.807, 2.05) is 19.9 Å². The Bertz CT molecular complexity index is 801. The number of piperazine rings is 1. The Hall–Kier alpha value is -1.44. The second-order valence-corrected chi connectivity index (χ2v) is 10.3. The lowest BCUT2D eigenvalue weighted by atomic mass is 9.86. The summed E-state index contributed by atoms with van der Waals surface area (Å²) in [5.41, 5.74) is 2.07. The highest BCUT2D eigenvalue weighted by atomic mass is 32.2. The normalized spacial score (nSPS) is 24.8. The van der Waals surface area contributed by atoms with Crippen molar-refractivity contribution in [3.8, 4) is 0 Å². The summed E-state index contributed by atoms with van der Waals surface area (Å²) in [6, 6.07) is 5.57. The Morgan fingerprint density at radius 3 is 2.39 bits per heavy atom. The van der Waals surface area contributed by atoms with Crippen LogP contribution in [0.25, 0.3) is 0 Å². The maximum atomic E-state index is 12.9. The van der Waals surface area contributed by atoms with E-state index in [2.05, 4.69) is 17.1 Å². The number of hydrogen-bond acceptors (Lipinski definition) is 4. The average molecular weight is 408 g/mol. The zero-order chi connectivity index (χ0) is 20.3. The fourth-order valence-corrected chi connectivity index (χ4v) is 5.65. The number of sulfonamides is 1. The van der Waals surface area contributed by atoms with Gasteiger partial charge in [0.1, 0.15) is 0 Å². The number of benzene rings is 1. The zero-order valence-electron chi connectivity index (χ0n) is 17.3. The summed E-state index contributed by atoms with van der Waals surface area (Å²) in [4.78, 5) is 14.8. The van der Waals surface area contributed by atoms with Crippen LogP contribution in [-0.4, -0.2) is 62.3 Å². The molecule has 1 amide bonds. The first-order valence-electron chi connectivity index (χ1n) is 10.4. The molecule has 0 bridgehead atoms. The number of aryl methyl sites for hydroxylation is 2. The third kappa shape index (κ3) is 4.93. The molecule has 28 heavy (non-hydrogen) atoms. The van der Waals surface area contributed by atoms with Crippen LogP contribution in [0.5, 0.6) is 0 Å². The van der Waals surface area contributed by atoms with Gasteiger partial charge >= 0.3 is 0 Å². The quantitative estimate of drug-likeness (QED) is 0.813. The molecule has 2 unspecified atom stereocenters. The number of amides is 1. The number of nitrogens with zero attached hydrogens (tertiary/aromatic N) is 2. The Kier molecular flexibility index (Phi) is 6.78. The van der Waals surface area contributed by atoms with E-state index >= 15 is 0 Å². The van der Waals surface area contributed by atoms with Crippen LogP contribution in [0.15, 0.2) is 23.1 Å². The van der Waals surface area contributed by atoms with Gasteiger partial charge in [-0.3, -0.25) is 9.69 Å². The van der Waals surface area contributed by atoms with Crippen LogP contribution in [-0.2, 0) is 14.8 Å². The molecule has 1 aliphatic carbocycles. The van der Waals surface area contributed by atoms with Crippen molar-refractivity contribution in [3.63, 3.8) is 0 Å². The first-order valence-corrected chi connectivity index (χ1v) is 11.8. The van der Waals surface area contributed by atoms with Crippen LogP contribution in [0, 0.1) is 19.8 Å². The van der Waals surface area contributed by atoms with Gasteiger partial charge in [0.05, 0.1) is 11.4 Å². The van der Waals surface area contributed by atoms with E-state index in [9.17, 15) is 13.2 Å². The Labute approximate surface area is 169 Å². The molecule has 3 rings (SSSR count). The van der Waals surface area contributed by atoms with Gasteiger partial charge in [0.2, 0.25) is 15.9 Å². The molecule has 7 heteroatoms. The van der Waals surface area contributed by atoms with Gasteiger partial charge in [-0.1, -0.05) is 25.8 Å². The van der Waals surface area contributed by atoms with E-state index in [-0.39, 0.29) is 11.9 Å². The smallest absolute Gasteiger partial charge is 0.243 e. The standard InChI is InChI=1S/C21H33N3O3S/c1-16-8-9-19(14-18(16)3)28(26,27)24-12-10-23(11-13-24)15-21(25)22-20-7-5-4-6-17(20)2/h8-9,14,17,20H,4-7,10-13,15H2,1-3H3,(H,22,25). The second-order valence-electron chi connectivity index (χ2n) is 8.36. The second kappa shape index (κ2) is 8.93. The molecule has 2 atom stereocenters. The number of hydrogen-bond donors (Lipinski definition) is 1. The van der Waals surface area contributed by atoms with Gasteiger partial charge in [0.15, 0.2) is 0 Å². The maximum absolute atomic E-state index is 12.9. The minimum Gasteiger partial charge on any atom is -0.352 e. The molecule has 156 valence electrons. The van der Waals surface area contributed by atoms with E-state index in [1.54, 1.807) is 12.1 Å². The summed E-state index contributed by atoms with van der Waals surface area (Å²) in [5, 5.41) is 3.18. The van der Waals surface area contributed by atoms with Gasteiger partial charge < -0.3 is 5.32 Å². The van der Waals surface area contributed by atoms with Crippen LogP contribution in [0.4, 0.5) is 0 Å². The molecule has 1 N–H and O–H groups in total. The minimum absolute atomic E-state index is 0.0595. The summed E-state index contributed by atoms with van der Waals surface area (Å²) in [6.45, 7) is 8.46. The largest absolute Gasteiger partial charge is 0.352 e. The monoisotopic (exact) mass is 407 g/mol. The van der Waals surface area contributed by atoms with Gasteiger partial charge in [-0.05, 0) is 55.9 Å². The van der Waals surface area contributed by atoms with Crippen molar-refractivity contribution in [2.75, 3.05) is 32.7 Å². The van der Waals surface area contributed by atoms with Crippen molar-refractivity contribution in [1.82, 2.24) is 14.5 Å². The van der Waals surface area contributed by atoms with Gasteiger partial charge in [0.25, 0.3) is 0 Å². The van der Waals surface area contributed by atoms with Crippen molar-refractivity contribution in [2.45, 2.75) is 57.4 Å². The predicted octanol–water partition coefficient (Wildman–Crippen LogP) is 2.30. The van der Waals surface area contributed by atoms with Crippen molar-refractivity contribution in [1.29, 1.82) is 0 Å².